The van der Waals surface area contributed by atoms with Crippen LogP contribution >= 0.6 is 0 Å². The zero-order valence-electron chi connectivity index (χ0n) is 28.4. The van der Waals surface area contributed by atoms with Crippen LogP contribution in [0.2, 0.25) is 0 Å². The molecule has 0 bridgehead atoms. The first-order valence-electron chi connectivity index (χ1n) is 16.2. The number of aromatic nitrogens is 4. The summed E-state index contributed by atoms with van der Waals surface area (Å²) in [7, 11) is 3.22. The Bertz CT molecular complexity index is 1960. The molecule has 2 aromatic heterocycles. The van der Waals surface area contributed by atoms with E-state index in [0.29, 0.717) is 11.5 Å². The lowest BCUT2D eigenvalue weighted by Crippen LogP contribution is -2.39. The van der Waals surface area contributed by atoms with Gasteiger partial charge in [0, 0.05) is 19.3 Å². The van der Waals surface area contributed by atoms with E-state index in [-0.39, 0.29) is 42.0 Å². The van der Waals surface area contributed by atoms with E-state index in [9.17, 15) is 14.4 Å². The van der Waals surface area contributed by atoms with Crippen LogP contribution in [0.5, 0.6) is 11.5 Å². The van der Waals surface area contributed by atoms with E-state index in [4.69, 9.17) is 23.7 Å². The van der Waals surface area contributed by atoms with Crippen LogP contribution in [0.1, 0.15) is 50.1 Å². The number of imidazole rings is 1. The Labute approximate surface area is 288 Å². The molecule has 0 radical (unpaired) electrons. The summed E-state index contributed by atoms with van der Waals surface area (Å²) in [6, 6.07) is 25.1. The number of aromatic amines is 1. The third-order valence-electron chi connectivity index (χ3n) is 8.64. The highest BCUT2D eigenvalue weighted by molar-refractivity contribution is 5.91. The highest BCUT2D eigenvalue weighted by Gasteiger charge is 2.44. The Balaban J connectivity index is 1.38. The van der Waals surface area contributed by atoms with Gasteiger partial charge in [-0.25, -0.2) is 4.98 Å². The van der Waals surface area contributed by atoms with Crippen molar-refractivity contribution >= 4 is 29.0 Å². The lowest BCUT2D eigenvalue weighted by molar-refractivity contribution is -0.153. The second-order valence-corrected chi connectivity index (χ2v) is 12.2. The second kappa shape index (κ2) is 14.5. The van der Waals surface area contributed by atoms with Gasteiger partial charge in [-0.1, -0.05) is 68.4 Å². The molecule has 50 heavy (non-hydrogen) atoms. The number of benzene rings is 3. The molecule has 2 N–H and O–H groups in total. The number of fused-ring (bicyclic) bond motifs is 1. The number of nitrogens with one attached hydrogen (secondary N) is 2. The van der Waals surface area contributed by atoms with E-state index in [1.54, 1.807) is 32.6 Å². The van der Waals surface area contributed by atoms with Gasteiger partial charge in [0.2, 0.25) is 11.9 Å². The van der Waals surface area contributed by atoms with Crippen molar-refractivity contribution < 1.29 is 33.3 Å². The van der Waals surface area contributed by atoms with Crippen molar-refractivity contribution in [1.29, 1.82) is 0 Å². The number of hydrogen-bond acceptors (Lipinski definition) is 10. The predicted molar refractivity (Wildman–Crippen MR) is 184 cm³/mol. The average Bonchev–Trinajstić information content (AvgIpc) is 3.73. The molecular formula is C37H39N5O8. The minimum atomic E-state index is -1.14. The summed E-state index contributed by atoms with van der Waals surface area (Å²) >= 11 is 0. The van der Waals surface area contributed by atoms with Gasteiger partial charge in [-0.05, 0) is 41.0 Å². The van der Waals surface area contributed by atoms with E-state index in [1.165, 1.54) is 13.3 Å². The number of rotatable bonds is 12. The smallest absolute Gasteiger partial charge is 0.302 e. The molecule has 0 unspecified atom stereocenters. The SMILES string of the molecule is COc1ccc(C(OC[C@H]2O[C@@H](n3cnc4c(=O)[nH]c(NC(=O)C(C)C)nc43)C[C@H]2OC(C)=O)(c2ccccc2)c2ccc(OC)cc2)cc1. The summed E-state index contributed by atoms with van der Waals surface area (Å²) in [6.45, 7) is 4.80. The monoisotopic (exact) mass is 681 g/mol. The Morgan fingerprint density at radius 1 is 0.960 bits per heavy atom. The largest absolute Gasteiger partial charge is 0.497 e. The number of methoxy groups -OCH3 is 2. The molecule has 0 spiro atoms. The number of amides is 1. The number of hydrogen-bond donors (Lipinski definition) is 2. The number of carbonyl (C=O) groups excluding carboxylic acids is 2. The normalized spacial score (nSPS) is 17.5. The summed E-state index contributed by atoms with van der Waals surface area (Å²) in [5.41, 5.74) is 1.13. The first kappa shape index (κ1) is 34.3. The van der Waals surface area contributed by atoms with Gasteiger partial charge in [-0.3, -0.25) is 29.3 Å². The molecule has 3 atom stereocenters. The first-order valence-corrected chi connectivity index (χ1v) is 16.2. The zero-order valence-corrected chi connectivity index (χ0v) is 28.4. The van der Waals surface area contributed by atoms with E-state index < -0.39 is 35.6 Å². The molecule has 3 aromatic carbocycles. The molecule has 260 valence electrons. The molecule has 13 nitrogen and oxygen atoms in total. The van der Waals surface area contributed by atoms with Crippen molar-refractivity contribution in [3.63, 3.8) is 0 Å². The Morgan fingerprint density at radius 2 is 1.56 bits per heavy atom. The van der Waals surface area contributed by atoms with Crippen molar-refractivity contribution in [2.24, 2.45) is 5.92 Å². The highest BCUT2D eigenvalue weighted by atomic mass is 16.6. The van der Waals surface area contributed by atoms with Crippen LogP contribution < -0.4 is 20.3 Å². The van der Waals surface area contributed by atoms with Crippen LogP contribution in [0.15, 0.2) is 90.0 Å². The third kappa shape index (κ3) is 6.82. The number of H-pyrrole nitrogens is 1. The maximum absolute atomic E-state index is 12.9. The van der Waals surface area contributed by atoms with Crippen LogP contribution in [0, 0.1) is 5.92 Å². The Morgan fingerprint density at radius 3 is 2.12 bits per heavy atom. The van der Waals surface area contributed by atoms with Gasteiger partial charge in [-0.2, -0.15) is 4.98 Å². The molecule has 0 aliphatic carbocycles. The Hall–Kier alpha value is -5.53. The maximum atomic E-state index is 12.9. The molecule has 1 amide bonds. The molecule has 1 saturated heterocycles. The minimum absolute atomic E-state index is 0.00225. The summed E-state index contributed by atoms with van der Waals surface area (Å²) in [6.07, 6.45) is -0.498. The van der Waals surface area contributed by atoms with Crippen molar-refractivity contribution in [1.82, 2.24) is 19.5 Å². The molecule has 1 aliphatic rings. The number of nitrogens with zero attached hydrogens (tertiary/aromatic N) is 3. The van der Waals surface area contributed by atoms with Gasteiger partial charge in [0.05, 0.1) is 27.2 Å². The second-order valence-electron chi connectivity index (χ2n) is 12.2. The molecule has 13 heteroatoms. The summed E-state index contributed by atoms with van der Waals surface area (Å²) in [4.78, 5) is 48.9. The molecule has 0 saturated carbocycles. The van der Waals surface area contributed by atoms with Gasteiger partial charge in [-0.15, -0.1) is 0 Å². The van der Waals surface area contributed by atoms with Crippen LogP contribution in [0.25, 0.3) is 11.2 Å². The maximum Gasteiger partial charge on any atom is 0.302 e. The topological polar surface area (TPSA) is 156 Å². The van der Waals surface area contributed by atoms with Crippen LogP contribution in [-0.4, -0.2) is 64.4 Å². The fraction of sp³-hybridized carbons (Fsp3) is 0.324. The first-order chi connectivity index (χ1) is 24.1. The van der Waals surface area contributed by atoms with Gasteiger partial charge in [0.25, 0.3) is 5.56 Å². The molecule has 1 fully saturated rings. The summed E-state index contributed by atoms with van der Waals surface area (Å²) in [5, 5.41) is 2.63. The molecule has 3 heterocycles. The van der Waals surface area contributed by atoms with Crippen LogP contribution in [0.4, 0.5) is 5.95 Å². The minimum Gasteiger partial charge on any atom is -0.497 e. The molecule has 6 rings (SSSR count). The van der Waals surface area contributed by atoms with Crippen molar-refractivity contribution in [3.8, 4) is 11.5 Å². The molecule has 1 aliphatic heterocycles. The average molecular weight is 682 g/mol. The summed E-state index contributed by atoms with van der Waals surface area (Å²) < 4.78 is 31.9. The predicted octanol–water partition coefficient (Wildman–Crippen LogP) is 4.96. The van der Waals surface area contributed by atoms with Crippen molar-refractivity contribution in [3.05, 3.63) is 112 Å². The van der Waals surface area contributed by atoms with Gasteiger partial charge in [0.1, 0.15) is 35.5 Å². The zero-order chi connectivity index (χ0) is 35.4. The number of carbonyl (C=O) groups is 2. The van der Waals surface area contributed by atoms with Crippen molar-refractivity contribution in [2.75, 3.05) is 26.1 Å². The fourth-order valence-electron chi connectivity index (χ4n) is 6.10. The van der Waals surface area contributed by atoms with E-state index >= 15 is 0 Å². The van der Waals surface area contributed by atoms with Gasteiger partial charge >= 0.3 is 5.97 Å². The lowest BCUT2D eigenvalue weighted by atomic mass is 9.80. The number of ether oxygens (including phenoxy) is 5. The number of esters is 1. The highest BCUT2D eigenvalue weighted by Crippen LogP contribution is 2.43. The van der Waals surface area contributed by atoms with E-state index in [2.05, 4.69) is 20.3 Å². The van der Waals surface area contributed by atoms with Crippen LogP contribution in [0.3, 0.4) is 0 Å². The van der Waals surface area contributed by atoms with Gasteiger partial charge < -0.3 is 23.7 Å². The fourth-order valence-corrected chi connectivity index (χ4v) is 6.10. The van der Waals surface area contributed by atoms with E-state index in [0.717, 1.165) is 16.7 Å². The lowest BCUT2D eigenvalue weighted by Gasteiger charge is -2.37. The van der Waals surface area contributed by atoms with E-state index in [1.807, 2.05) is 78.9 Å². The Kier molecular flexibility index (Phi) is 9.98. The molecule has 5 aromatic rings. The standard InChI is InChI=1S/C37H39N5O8/c1-22(2)34(44)40-36-39-33-32(35(45)41-36)38-21-42(33)31-19-29(49-23(3)43)30(50-31)20-48-37(24-9-7-6-8-10-24,25-11-15-27(46-4)16-12-25)26-13-17-28(47-5)18-14-26/h6-18,21-22,29-31H,19-20H2,1-5H3,(H2,39,40,41,44,45)/t29-,30-,31-/m1/s1. The van der Waals surface area contributed by atoms with Gasteiger partial charge in [0.15, 0.2) is 11.2 Å². The summed E-state index contributed by atoms with van der Waals surface area (Å²) in [5.74, 6) is 0.252. The molecular weight excluding hydrogens is 642 g/mol. The van der Waals surface area contributed by atoms with Crippen molar-refractivity contribution in [2.45, 2.75) is 51.2 Å². The third-order valence-corrected chi connectivity index (χ3v) is 8.64. The number of anilines is 1. The van der Waals surface area contributed by atoms with Crippen LogP contribution in [-0.2, 0) is 29.4 Å². The quantitative estimate of drug-likeness (QED) is 0.136.